The summed E-state index contributed by atoms with van der Waals surface area (Å²) in [4.78, 5) is 0. The van der Waals surface area contributed by atoms with Gasteiger partial charge in [0.05, 0.1) is 0 Å². The van der Waals surface area contributed by atoms with E-state index in [1.165, 1.54) is 0 Å². The predicted molar refractivity (Wildman–Crippen MR) is 78.5 cm³/mol. The molecule has 104 valence electrons. The lowest BCUT2D eigenvalue weighted by atomic mass is 9.93. The summed E-state index contributed by atoms with van der Waals surface area (Å²) >= 11 is 0. The number of nitrogens with two attached hydrogens (primary N) is 1. The minimum atomic E-state index is -0.220. The van der Waals surface area contributed by atoms with Gasteiger partial charge in [0.15, 0.2) is 0 Å². The van der Waals surface area contributed by atoms with Crippen molar-refractivity contribution in [1.29, 1.82) is 0 Å². The molecule has 1 heterocycles. The van der Waals surface area contributed by atoms with Crippen molar-refractivity contribution in [2.45, 2.75) is 26.4 Å². The molecule has 0 spiro atoms. The van der Waals surface area contributed by atoms with Crippen LogP contribution in [0.3, 0.4) is 0 Å². The van der Waals surface area contributed by atoms with Crippen LogP contribution in [-0.2, 0) is 6.42 Å². The molecule has 0 bridgehead atoms. The van der Waals surface area contributed by atoms with Gasteiger partial charge >= 0.3 is 0 Å². The molecule has 1 aliphatic heterocycles. The Balaban J connectivity index is 2.21. The number of hydrogen-bond acceptors (Lipinski definition) is 2. The Morgan fingerprint density at radius 1 is 1.25 bits per heavy atom. The average Bonchev–Trinajstić information content (AvgIpc) is 2.81. The van der Waals surface area contributed by atoms with E-state index in [-0.39, 0.29) is 11.9 Å². The van der Waals surface area contributed by atoms with Crippen molar-refractivity contribution in [3.05, 3.63) is 52.8 Å². The van der Waals surface area contributed by atoms with Crippen LogP contribution < -0.4 is 10.5 Å². The van der Waals surface area contributed by atoms with Gasteiger partial charge in [0.1, 0.15) is 17.7 Å². The second-order valence-electron chi connectivity index (χ2n) is 5.39. The highest BCUT2D eigenvalue weighted by molar-refractivity contribution is 5.78. The molecule has 0 radical (unpaired) electrons. The molecule has 3 heteroatoms. The third-order valence-electron chi connectivity index (χ3n) is 3.88. The summed E-state index contributed by atoms with van der Waals surface area (Å²) < 4.78 is 19.8. The van der Waals surface area contributed by atoms with E-state index in [1.807, 2.05) is 32.0 Å². The van der Waals surface area contributed by atoms with E-state index in [0.29, 0.717) is 13.0 Å². The van der Waals surface area contributed by atoms with Crippen molar-refractivity contribution in [2.24, 2.45) is 5.73 Å². The summed E-state index contributed by atoms with van der Waals surface area (Å²) in [5, 5.41) is 0. The quantitative estimate of drug-likeness (QED) is 0.909. The van der Waals surface area contributed by atoms with Crippen LogP contribution in [0.4, 0.5) is 4.39 Å². The molecule has 2 N–H and O–H groups in total. The summed E-state index contributed by atoms with van der Waals surface area (Å²) in [6.07, 6.45) is 0.636. The first kappa shape index (κ1) is 13.1. The number of halogens is 1. The van der Waals surface area contributed by atoms with Crippen LogP contribution >= 0.6 is 0 Å². The smallest absolute Gasteiger partial charge is 0.131 e. The van der Waals surface area contributed by atoms with E-state index in [4.69, 9.17) is 10.5 Å². The summed E-state index contributed by atoms with van der Waals surface area (Å²) in [5.41, 5.74) is 10.7. The van der Waals surface area contributed by atoms with Gasteiger partial charge in [-0.15, -0.1) is 0 Å². The van der Waals surface area contributed by atoms with Gasteiger partial charge in [-0.05, 0) is 42.7 Å². The first-order valence-corrected chi connectivity index (χ1v) is 6.86. The maximum absolute atomic E-state index is 13.9. The molecule has 0 fully saturated rings. The highest BCUT2D eigenvalue weighted by atomic mass is 19.1. The molecule has 0 saturated heterocycles. The minimum absolute atomic E-state index is 0.0464. The second kappa shape index (κ2) is 4.91. The zero-order valence-electron chi connectivity index (χ0n) is 11.7. The van der Waals surface area contributed by atoms with Crippen molar-refractivity contribution >= 4 is 0 Å². The zero-order chi connectivity index (χ0) is 14.3. The molecule has 0 unspecified atom stereocenters. The topological polar surface area (TPSA) is 35.2 Å². The van der Waals surface area contributed by atoms with Gasteiger partial charge in [-0.25, -0.2) is 4.39 Å². The predicted octanol–water partition coefficient (Wildman–Crippen LogP) is 3.37. The molecule has 3 rings (SSSR count). The maximum Gasteiger partial charge on any atom is 0.131 e. The Morgan fingerprint density at radius 2 is 1.95 bits per heavy atom. The number of fused-ring (bicyclic) bond motifs is 1. The largest absolute Gasteiger partial charge is 0.488 e. The van der Waals surface area contributed by atoms with Gasteiger partial charge in [-0.2, -0.15) is 0 Å². The van der Waals surface area contributed by atoms with Gasteiger partial charge in [0.25, 0.3) is 0 Å². The first-order chi connectivity index (χ1) is 9.60. The van der Waals surface area contributed by atoms with E-state index in [0.717, 1.165) is 33.6 Å². The molecular weight excluding hydrogens is 253 g/mol. The van der Waals surface area contributed by atoms with Gasteiger partial charge < -0.3 is 10.5 Å². The van der Waals surface area contributed by atoms with Crippen molar-refractivity contribution in [3.8, 4) is 16.9 Å². The third-order valence-corrected chi connectivity index (χ3v) is 3.88. The Kier molecular flexibility index (Phi) is 3.22. The standard InChI is InChI=1S/C17H18FNO/c1-10-4-3-5-11(2)16(10)15-8-13(18)6-12-7-14(9-19)20-17(12)15/h3-6,8,14H,7,9,19H2,1-2H3/t14-/m0/s1. The number of hydrogen-bond donors (Lipinski definition) is 1. The molecule has 1 aliphatic rings. The van der Waals surface area contributed by atoms with E-state index in [1.54, 1.807) is 12.1 Å². The minimum Gasteiger partial charge on any atom is -0.488 e. The van der Waals surface area contributed by atoms with Crippen LogP contribution in [0, 0.1) is 19.7 Å². The molecule has 0 aliphatic carbocycles. The fraction of sp³-hybridized carbons (Fsp3) is 0.294. The van der Waals surface area contributed by atoms with Crippen LogP contribution in [0.5, 0.6) is 5.75 Å². The Morgan fingerprint density at radius 3 is 2.60 bits per heavy atom. The average molecular weight is 271 g/mol. The molecule has 0 amide bonds. The van der Waals surface area contributed by atoms with E-state index < -0.39 is 0 Å². The van der Waals surface area contributed by atoms with E-state index >= 15 is 0 Å². The summed E-state index contributed by atoms with van der Waals surface area (Å²) in [6, 6.07) is 9.20. The number of rotatable bonds is 2. The Labute approximate surface area is 118 Å². The monoisotopic (exact) mass is 271 g/mol. The number of aryl methyl sites for hydroxylation is 2. The van der Waals surface area contributed by atoms with Crippen LogP contribution in [0.2, 0.25) is 0 Å². The van der Waals surface area contributed by atoms with Gasteiger partial charge in [0.2, 0.25) is 0 Å². The molecule has 1 atom stereocenters. The first-order valence-electron chi connectivity index (χ1n) is 6.86. The molecular formula is C17H18FNO. The van der Waals surface area contributed by atoms with E-state index in [2.05, 4.69) is 0 Å². The molecule has 2 nitrogen and oxygen atoms in total. The van der Waals surface area contributed by atoms with Crippen molar-refractivity contribution in [3.63, 3.8) is 0 Å². The summed E-state index contributed by atoms with van der Waals surface area (Å²) in [5.74, 6) is 0.571. The molecule has 20 heavy (non-hydrogen) atoms. The SMILES string of the molecule is Cc1cccc(C)c1-c1cc(F)cc2c1O[C@H](CN)C2. The van der Waals surface area contributed by atoms with Gasteiger partial charge in [-0.3, -0.25) is 0 Å². The van der Waals surface area contributed by atoms with Gasteiger partial charge in [-0.1, -0.05) is 18.2 Å². The lowest BCUT2D eigenvalue weighted by Gasteiger charge is -2.15. The van der Waals surface area contributed by atoms with Crippen molar-refractivity contribution in [2.75, 3.05) is 6.54 Å². The molecule has 0 saturated carbocycles. The van der Waals surface area contributed by atoms with Crippen LogP contribution in [0.15, 0.2) is 30.3 Å². The number of ether oxygens (including phenoxy) is 1. The highest BCUT2D eigenvalue weighted by Gasteiger charge is 2.26. The second-order valence-corrected chi connectivity index (χ2v) is 5.39. The summed E-state index contributed by atoms with van der Waals surface area (Å²) in [7, 11) is 0. The van der Waals surface area contributed by atoms with Crippen molar-refractivity contribution < 1.29 is 9.13 Å². The maximum atomic E-state index is 13.9. The van der Waals surface area contributed by atoms with E-state index in [9.17, 15) is 4.39 Å². The molecule has 0 aromatic heterocycles. The lowest BCUT2D eigenvalue weighted by Crippen LogP contribution is -2.24. The van der Waals surface area contributed by atoms with Crippen LogP contribution in [-0.4, -0.2) is 12.6 Å². The highest BCUT2D eigenvalue weighted by Crippen LogP contribution is 2.41. The van der Waals surface area contributed by atoms with Gasteiger partial charge in [0, 0.05) is 24.1 Å². The molecule has 2 aromatic rings. The summed E-state index contributed by atoms with van der Waals surface area (Å²) in [6.45, 7) is 4.52. The zero-order valence-corrected chi connectivity index (χ0v) is 11.7. The van der Waals surface area contributed by atoms with Crippen molar-refractivity contribution in [1.82, 2.24) is 0 Å². The fourth-order valence-corrected chi connectivity index (χ4v) is 2.95. The number of benzene rings is 2. The fourth-order valence-electron chi connectivity index (χ4n) is 2.95. The molecule has 2 aromatic carbocycles. The lowest BCUT2D eigenvalue weighted by molar-refractivity contribution is 0.242. The van der Waals surface area contributed by atoms with Crippen LogP contribution in [0.25, 0.3) is 11.1 Å². The normalized spacial score (nSPS) is 16.9. The van der Waals surface area contributed by atoms with Crippen LogP contribution in [0.1, 0.15) is 16.7 Å². The Bertz CT molecular complexity index is 646. The Hall–Kier alpha value is -1.87. The third kappa shape index (κ3) is 2.08.